The van der Waals surface area contributed by atoms with E-state index in [1.165, 1.54) is 5.70 Å². The molecule has 3 aromatic rings. The lowest BCUT2D eigenvalue weighted by Gasteiger charge is -2.35. The predicted molar refractivity (Wildman–Crippen MR) is 151 cm³/mol. The van der Waals surface area contributed by atoms with Crippen LogP contribution in [0.1, 0.15) is 36.9 Å². The van der Waals surface area contributed by atoms with Crippen LogP contribution < -0.4 is 15.8 Å². The van der Waals surface area contributed by atoms with Crippen molar-refractivity contribution in [1.82, 2.24) is 19.2 Å². The number of aryl methyl sites for hydroxylation is 1. The van der Waals surface area contributed by atoms with Crippen molar-refractivity contribution in [2.45, 2.75) is 45.4 Å². The van der Waals surface area contributed by atoms with Gasteiger partial charge in [0.2, 0.25) is 5.78 Å². The Morgan fingerprint density at radius 2 is 1.98 bits per heavy atom. The Balaban J connectivity index is 1.23. The number of ether oxygens (including phenoxy) is 1. The molecule has 0 amide bonds. The summed E-state index contributed by atoms with van der Waals surface area (Å²) in [6.07, 6.45) is 7.75. The molecule has 1 aliphatic carbocycles. The zero-order chi connectivity index (χ0) is 27.4. The summed E-state index contributed by atoms with van der Waals surface area (Å²) in [6.45, 7) is 3.05. The highest BCUT2D eigenvalue weighted by Gasteiger charge is 2.38. The van der Waals surface area contributed by atoms with E-state index in [4.69, 9.17) is 4.74 Å². The number of ketones is 1. The van der Waals surface area contributed by atoms with Gasteiger partial charge in [0.15, 0.2) is 5.82 Å². The first kappa shape index (κ1) is 24.9. The number of pyridine rings is 1. The Bertz CT molecular complexity index is 1620. The fourth-order valence-electron chi connectivity index (χ4n) is 6.37. The van der Waals surface area contributed by atoms with Crippen molar-refractivity contribution in [2.75, 3.05) is 29.9 Å². The van der Waals surface area contributed by atoms with E-state index in [2.05, 4.69) is 20.2 Å². The molecule has 5 heterocycles. The van der Waals surface area contributed by atoms with E-state index in [9.17, 15) is 14.7 Å². The number of fused-ring (bicyclic) bond motifs is 3. The fraction of sp³-hybridized carbons (Fsp3) is 0.367. The third-order valence-corrected chi connectivity index (χ3v) is 8.34. The Hall–Kier alpha value is -4.15. The minimum Gasteiger partial charge on any atom is -0.392 e. The van der Waals surface area contributed by atoms with Gasteiger partial charge < -0.3 is 29.5 Å². The van der Waals surface area contributed by atoms with Crippen LogP contribution in [0.4, 0.5) is 17.2 Å². The maximum Gasteiger partial charge on any atom is 0.274 e. The molecular formula is C30H32N6O4. The monoisotopic (exact) mass is 540 g/mol. The van der Waals surface area contributed by atoms with Gasteiger partial charge in [-0.15, -0.1) is 0 Å². The molecule has 0 saturated heterocycles. The molecule has 10 nitrogen and oxygen atoms in total. The topological polar surface area (TPSA) is 105 Å². The van der Waals surface area contributed by atoms with Crippen LogP contribution in [0.25, 0.3) is 11.1 Å². The van der Waals surface area contributed by atoms with Crippen molar-refractivity contribution in [3.05, 3.63) is 81.3 Å². The summed E-state index contributed by atoms with van der Waals surface area (Å²) in [4.78, 5) is 30.5. The van der Waals surface area contributed by atoms with E-state index in [-0.39, 0.29) is 17.9 Å². The number of nitrogens with zero attached hydrogens (tertiary/aromatic N) is 5. The average Bonchev–Trinajstić information content (AvgIpc) is 3.52. The molecule has 0 bridgehead atoms. The van der Waals surface area contributed by atoms with Gasteiger partial charge in [-0.2, -0.15) is 5.10 Å². The number of carbonyl (C=O) groups excluding carboxylic acids is 1. The number of rotatable bonds is 5. The highest BCUT2D eigenvalue weighted by Crippen LogP contribution is 2.41. The first-order valence-corrected chi connectivity index (χ1v) is 13.9. The van der Waals surface area contributed by atoms with Gasteiger partial charge in [0.1, 0.15) is 11.4 Å². The van der Waals surface area contributed by atoms with E-state index in [0.29, 0.717) is 37.8 Å². The van der Waals surface area contributed by atoms with Crippen LogP contribution in [0.3, 0.4) is 0 Å². The molecule has 206 valence electrons. The van der Waals surface area contributed by atoms with Crippen molar-refractivity contribution in [3.8, 4) is 11.1 Å². The molecule has 0 unspecified atom stereocenters. The lowest BCUT2D eigenvalue weighted by atomic mass is 9.96. The van der Waals surface area contributed by atoms with Crippen molar-refractivity contribution < 1.29 is 14.6 Å². The number of anilines is 3. The van der Waals surface area contributed by atoms with Gasteiger partial charge in [-0.1, -0.05) is 12.1 Å². The number of aliphatic hydroxyl groups excluding tert-OH is 1. The van der Waals surface area contributed by atoms with E-state index >= 15 is 0 Å². The third kappa shape index (κ3) is 4.06. The standard InChI is InChI=1S/C30H32N6O4/c1-33-15-19(13-24(30(33)39)31-28-14-20-18-40-12-11-36(20)32-28)21-6-4-8-25(23(21)17-37)34-9-10-35-26-7-3-2-5-22(26)29(38)27(35)16-34/h4,6,8,13-16,37H,2-3,5,7,9-12,17-18H2,1H3,(H,31,32). The van der Waals surface area contributed by atoms with Crippen LogP contribution in [0.5, 0.6) is 0 Å². The SMILES string of the molecule is Cn1cc(-c2cccc(N3C=C4C(=O)C5=C(CCCC5)N4CC3)c2CO)cc(Nc2cc3n(n2)CCOC3)c1=O. The van der Waals surface area contributed by atoms with Gasteiger partial charge >= 0.3 is 0 Å². The van der Waals surface area contributed by atoms with E-state index in [1.54, 1.807) is 17.8 Å². The molecule has 0 fully saturated rings. The second-order valence-corrected chi connectivity index (χ2v) is 10.8. The minimum atomic E-state index is -0.184. The number of aromatic nitrogens is 3. The molecule has 4 aliphatic rings. The van der Waals surface area contributed by atoms with Gasteiger partial charge in [-0.25, -0.2) is 0 Å². The first-order valence-electron chi connectivity index (χ1n) is 13.9. The second kappa shape index (κ2) is 9.79. The minimum absolute atomic E-state index is 0.141. The van der Waals surface area contributed by atoms with Gasteiger partial charge in [0.25, 0.3) is 5.56 Å². The molecule has 1 aromatic carbocycles. The number of aliphatic hydroxyl groups is 1. The molecular weight excluding hydrogens is 508 g/mol. The lowest BCUT2D eigenvalue weighted by Crippen LogP contribution is -2.37. The summed E-state index contributed by atoms with van der Waals surface area (Å²) >= 11 is 0. The molecule has 10 heteroatoms. The highest BCUT2D eigenvalue weighted by molar-refractivity contribution is 6.11. The number of hydrogen-bond acceptors (Lipinski definition) is 8. The number of carbonyl (C=O) groups is 1. The van der Waals surface area contributed by atoms with Gasteiger partial charge in [0, 0.05) is 66.7 Å². The maximum absolute atomic E-state index is 13.2. The molecule has 0 radical (unpaired) electrons. The van der Waals surface area contributed by atoms with Crippen LogP contribution in [0, 0.1) is 0 Å². The first-order chi connectivity index (χ1) is 19.5. The second-order valence-electron chi connectivity index (χ2n) is 10.8. The summed E-state index contributed by atoms with van der Waals surface area (Å²) in [5.41, 5.74) is 7.32. The lowest BCUT2D eigenvalue weighted by molar-refractivity contribution is -0.112. The summed E-state index contributed by atoms with van der Waals surface area (Å²) in [5.74, 6) is 0.732. The summed E-state index contributed by atoms with van der Waals surface area (Å²) in [7, 11) is 1.72. The summed E-state index contributed by atoms with van der Waals surface area (Å²) in [6, 6.07) is 9.60. The molecule has 2 aromatic heterocycles. The van der Waals surface area contributed by atoms with Crippen LogP contribution in [-0.4, -0.2) is 49.8 Å². The molecule has 2 N–H and O–H groups in total. The molecule has 0 spiro atoms. The Morgan fingerprint density at radius 1 is 1.10 bits per heavy atom. The molecule has 0 atom stereocenters. The van der Waals surface area contributed by atoms with E-state index in [0.717, 1.165) is 71.6 Å². The van der Waals surface area contributed by atoms with Crippen molar-refractivity contribution in [2.24, 2.45) is 7.05 Å². The van der Waals surface area contributed by atoms with E-state index < -0.39 is 0 Å². The quantitative estimate of drug-likeness (QED) is 0.508. The number of allylic oxidation sites excluding steroid dienone is 2. The smallest absolute Gasteiger partial charge is 0.274 e. The Morgan fingerprint density at radius 3 is 2.83 bits per heavy atom. The third-order valence-electron chi connectivity index (χ3n) is 8.34. The summed E-state index contributed by atoms with van der Waals surface area (Å²) in [5, 5.41) is 18.4. The number of nitrogens with one attached hydrogen (secondary N) is 1. The van der Waals surface area contributed by atoms with Crippen LogP contribution in [0.15, 0.2) is 64.5 Å². The van der Waals surface area contributed by atoms with Crippen molar-refractivity contribution >= 4 is 23.0 Å². The van der Waals surface area contributed by atoms with Gasteiger partial charge in [-0.05, 0) is 43.4 Å². The predicted octanol–water partition coefficient (Wildman–Crippen LogP) is 3.39. The van der Waals surface area contributed by atoms with Crippen molar-refractivity contribution in [3.63, 3.8) is 0 Å². The zero-order valence-electron chi connectivity index (χ0n) is 22.5. The molecule has 0 saturated carbocycles. The van der Waals surface area contributed by atoms with Gasteiger partial charge in [-0.3, -0.25) is 14.3 Å². The maximum atomic E-state index is 13.2. The zero-order valence-corrected chi connectivity index (χ0v) is 22.5. The van der Waals surface area contributed by atoms with E-state index in [1.807, 2.05) is 41.2 Å². The van der Waals surface area contributed by atoms with Crippen LogP contribution in [-0.2, 0) is 36.3 Å². The van der Waals surface area contributed by atoms with Crippen LogP contribution >= 0.6 is 0 Å². The summed E-state index contributed by atoms with van der Waals surface area (Å²) < 4.78 is 8.94. The molecule has 7 rings (SSSR count). The average molecular weight is 541 g/mol. The molecule has 3 aliphatic heterocycles. The fourth-order valence-corrected chi connectivity index (χ4v) is 6.37. The Labute approximate surface area is 231 Å². The number of Topliss-reactive ketones (excluding diaryl/α,β-unsaturated/α-hetero) is 1. The highest BCUT2D eigenvalue weighted by atomic mass is 16.5. The van der Waals surface area contributed by atoms with Crippen LogP contribution in [0.2, 0.25) is 0 Å². The van der Waals surface area contributed by atoms with Crippen molar-refractivity contribution in [1.29, 1.82) is 0 Å². The Kier molecular flexibility index (Phi) is 6.09. The molecule has 40 heavy (non-hydrogen) atoms. The number of benzene rings is 1. The normalized spacial score (nSPS) is 18.4. The largest absolute Gasteiger partial charge is 0.392 e. The van der Waals surface area contributed by atoms with Gasteiger partial charge in [0.05, 0.1) is 32.1 Å². The number of hydrogen-bond donors (Lipinski definition) is 2.